The Balaban J connectivity index is 2.21. The topological polar surface area (TPSA) is 95.6 Å². The number of carbonyl (C=O) groups excluding carboxylic acids is 4. The predicted molar refractivity (Wildman–Crippen MR) is 55.6 cm³/mol. The lowest BCUT2D eigenvalue weighted by atomic mass is 9.66. The summed E-state index contributed by atoms with van der Waals surface area (Å²) in [7, 11) is 1.42. The standard InChI is InChI=1S/C10H13N3O4/c1-11-6(14)5-13-8(16)10(3-2-4-10)7(15)12-9(13)17/h2-5H2,1H3,(H,11,14)(H,12,15,17). The number of nitrogens with one attached hydrogen (secondary N) is 2. The highest BCUT2D eigenvalue weighted by Gasteiger charge is 2.57. The fourth-order valence-corrected chi connectivity index (χ4v) is 2.07. The number of hydrogen-bond donors (Lipinski definition) is 2. The van der Waals surface area contributed by atoms with Gasteiger partial charge in [0.1, 0.15) is 12.0 Å². The second kappa shape index (κ2) is 3.83. The molecule has 7 nitrogen and oxygen atoms in total. The molecule has 1 saturated carbocycles. The number of hydrogen-bond acceptors (Lipinski definition) is 4. The van der Waals surface area contributed by atoms with Crippen molar-refractivity contribution in [3.8, 4) is 0 Å². The van der Waals surface area contributed by atoms with Crippen molar-refractivity contribution in [3.63, 3.8) is 0 Å². The number of urea groups is 1. The van der Waals surface area contributed by atoms with Crippen molar-refractivity contribution < 1.29 is 19.2 Å². The summed E-state index contributed by atoms with van der Waals surface area (Å²) < 4.78 is 0. The van der Waals surface area contributed by atoms with Gasteiger partial charge in [-0.15, -0.1) is 0 Å². The fourth-order valence-electron chi connectivity index (χ4n) is 2.07. The van der Waals surface area contributed by atoms with Gasteiger partial charge in [0.2, 0.25) is 17.7 Å². The van der Waals surface area contributed by atoms with E-state index >= 15 is 0 Å². The maximum atomic E-state index is 12.1. The molecular weight excluding hydrogens is 226 g/mol. The SMILES string of the molecule is CNC(=O)CN1C(=O)NC(=O)C2(CCC2)C1=O. The quantitative estimate of drug-likeness (QED) is 0.603. The summed E-state index contributed by atoms with van der Waals surface area (Å²) in [5, 5.41) is 4.46. The third kappa shape index (κ3) is 1.58. The van der Waals surface area contributed by atoms with Crippen molar-refractivity contribution in [2.75, 3.05) is 13.6 Å². The van der Waals surface area contributed by atoms with Crippen LogP contribution in [-0.4, -0.2) is 42.2 Å². The van der Waals surface area contributed by atoms with E-state index in [2.05, 4.69) is 10.6 Å². The van der Waals surface area contributed by atoms with Gasteiger partial charge in [0.15, 0.2) is 0 Å². The summed E-state index contributed by atoms with van der Waals surface area (Å²) in [6, 6.07) is -0.818. The smallest absolute Gasteiger partial charge is 0.331 e. The zero-order chi connectivity index (χ0) is 12.6. The van der Waals surface area contributed by atoms with Crippen molar-refractivity contribution >= 4 is 23.8 Å². The van der Waals surface area contributed by atoms with E-state index in [0.29, 0.717) is 12.8 Å². The van der Waals surface area contributed by atoms with Gasteiger partial charge in [0.25, 0.3) is 0 Å². The number of amides is 5. The summed E-state index contributed by atoms with van der Waals surface area (Å²) in [6.07, 6.45) is 1.66. The molecular formula is C10H13N3O4. The Morgan fingerprint density at radius 2 is 2.06 bits per heavy atom. The molecule has 0 unspecified atom stereocenters. The molecule has 1 spiro atoms. The summed E-state index contributed by atoms with van der Waals surface area (Å²) in [4.78, 5) is 47.2. The second-order valence-corrected chi connectivity index (χ2v) is 4.26. The van der Waals surface area contributed by atoms with Gasteiger partial charge >= 0.3 is 6.03 Å². The number of likely N-dealkylation sites (N-methyl/N-ethyl adjacent to an activating group) is 1. The molecule has 2 rings (SSSR count). The Morgan fingerprint density at radius 1 is 1.41 bits per heavy atom. The van der Waals surface area contributed by atoms with E-state index in [9.17, 15) is 19.2 Å². The highest BCUT2D eigenvalue weighted by Crippen LogP contribution is 2.44. The van der Waals surface area contributed by atoms with Crippen molar-refractivity contribution in [1.29, 1.82) is 0 Å². The lowest BCUT2D eigenvalue weighted by molar-refractivity contribution is -0.158. The molecule has 0 aromatic carbocycles. The molecule has 2 aliphatic rings. The Kier molecular flexibility index (Phi) is 2.60. The van der Waals surface area contributed by atoms with Gasteiger partial charge < -0.3 is 5.32 Å². The third-order valence-electron chi connectivity index (χ3n) is 3.34. The first-order chi connectivity index (χ1) is 8.01. The zero-order valence-electron chi connectivity index (χ0n) is 9.41. The molecule has 0 bridgehead atoms. The Hall–Kier alpha value is -1.92. The van der Waals surface area contributed by atoms with Crippen molar-refractivity contribution in [3.05, 3.63) is 0 Å². The van der Waals surface area contributed by atoms with E-state index in [-0.39, 0.29) is 6.54 Å². The minimum atomic E-state index is -1.11. The predicted octanol–water partition coefficient (Wildman–Crippen LogP) is -1.02. The third-order valence-corrected chi connectivity index (χ3v) is 3.34. The van der Waals surface area contributed by atoms with Crippen LogP contribution >= 0.6 is 0 Å². The molecule has 0 radical (unpaired) electrons. The summed E-state index contributed by atoms with van der Waals surface area (Å²) in [5.74, 6) is -1.54. The van der Waals surface area contributed by atoms with Gasteiger partial charge in [-0.2, -0.15) is 0 Å². The van der Waals surface area contributed by atoms with Gasteiger partial charge in [-0.05, 0) is 12.8 Å². The maximum Gasteiger partial charge on any atom is 0.331 e. The van der Waals surface area contributed by atoms with Crippen molar-refractivity contribution in [2.24, 2.45) is 5.41 Å². The molecule has 1 aliphatic carbocycles. The van der Waals surface area contributed by atoms with E-state index in [4.69, 9.17) is 0 Å². The van der Waals surface area contributed by atoms with Gasteiger partial charge in [-0.3, -0.25) is 24.6 Å². The van der Waals surface area contributed by atoms with Gasteiger partial charge in [-0.1, -0.05) is 6.42 Å². The first-order valence-electron chi connectivity index (χ1n) is 5.39. The largest absolute Gasteiger partial charge is 0.358 e. The van der Waals surface area contributed by atoms with Crippen LogP contribution in [0.25, 0.3) is 0 Å². The van der Waals surface area contributed by atoms with Crippen LogP contribution in [-0.2, 0) is 14.4 Å². The molecule has 2 fully saturated rings. The fraction of sp³-hybridized carbons (Fsp3) is 0.600. The van der Waals surface area contributed by atoms with Crippen LogP contribution in [0, 0.1) is 5.41 Å². The monoisotopic (exact) mass is 239 g/mol. The maximum absolute atomic E-state index is 12.1. The van der Waals surface area contributed by atoms with Crippen molar-refractivity contribution in [1.82, 2.24) is 15.5 Å². The number of barbiturate groups is 1. The zero-order valence-corrected chi connectivity index (χ0v) is 9.41. The van der Waals surface area contributed by atoms with Crippen LogP contribution < -0.4 is 10.6 Å². The minimum Gasteiger partial charge on any atom is -0.358 e. The number of rotatable bonds is 2. The van der Waals surface area contributed by atoms with Crippen LogP contribution in [0.4, 0.5) is 4.79 Å². The first-order valence-corrected chi connectivity index (χ1v) is 5.39. The number of imide groups is 2. The van der Waals surface area contributed by atoms with E-state index in [1.165, 1.54) is 7.05 Å². The van der Waals surface area contributed by atoms with Crippen LogP contribution in [0.15, 0.2) is 0 Å². The molecule has 1 aliphatic heterocycles. The van der Waals surface area contributed by atoms with E-state index in [0.717, 1.165) is 11.3 Å². The number of carbonyl (C=O) groups is 4. The molecule has 1 heterocycles. The Bertz CT molecular complexity index is 414. The molecule has 1 saturated heterocycles. The highest BCUT2D eigenvalue weighted by atomic mass is 16.2. The van der Waals surface area contributed by atoms with E-state index in [1.807, 2.05) is 0 Å². The number of nitrogens with zero attached hydrogens (tertiary/aromatic N) is 1. The van der Waals surface area contributed by atoms with Crippen LogP contribution in [0.1, 0.15) is 19.3 Å². The van der Waals surface area contributed by atoms with Gasteiger partial charge in [-0.25, -0.2) is 4.79 Å². The lowest BCUT2D eigenvalue weighted by Gasteiger charge is -2.44. The molecule has 7 heteroatoms. The Labute approximate surface area is 97.5 Å². The van der Waals surface area contributed by atoms with Gasteiger partial charge in [0, 0.05) is 7.05 Å². The van der Waals surface area contributed by atoms with Gasteiger partial charge in [0.05, 0.1) is 0 Å². The first kappa shape index (κ1) is 11.6. The molecule has 0 aromatic heterocycles. The summed E-state index contributed by atoms with van der Waals surface area (Å²) in [5.41, 5.74) is -1.11. The average molecular weight is 239 g/mol. The van der Waals surface area contributed by atoms with E-state index < -0.39 is 29.2 Å². The van der Waals surface area contributed by atoms with Crippen molar-refractivity contribution in [2.45, 2.75) is 19.3 Å². The highest BCUT2D eigenvalue weighted by molar-refractivity contribution is 6.20. The summed E-state index contributed by atoms with van der Waals surface area (Å²) in [6.45, 7) is -0.351. The average Bonchev–Trinajstić information content (AvgIpc) is 2.21. The molecule has 17 heavy (non-hydrogen) atoms. The van der Waals surface area contributed by atoms with Crippen LogP contribution in [0.2, 0.25) is 0 Å². The van der Waals surface area contributed by atoms with Crippen LogP contribution in [0.3, 0.4) is 0 Å². The summed E-state index contributed by atoms with van der Waals surface area (Å²) >= 11 is 0. The molecule has 0 atom stereocenters. The Morgan fingerprint density at radius 3 is 2.53 bits per heavy atom. The molecule has 5 amide bonds. The second-order valence-electron chi connectivity index (χ2n) is 4.26. The molecule has 2 N–H and O–H groups in total. The molecule has 92 valence electrons. The minimum absolute atomic E-state index is 0.351. The van der Waals surface area contributed by atoms with E-state index in [1.54, 1.807) is 0 Å². The van der Waals surface area contributed by atoms with Crippen LogP contribution in [0.5, 0.6) is 0 Å². The normalized spacial score (nSPS) is 22.2. The molecule has 0 aromatic rings. The lowest BCUT2D eigenvalue weighted by Crippen LogP contribution is -2.67.